The summed E-state index contributed by atoms with van der Waals surface area (Å²) in [5.41, 5.74) is 8.09. The predicted molar refractivity (Wildman–Crippen MR) is 102 cm³/mol. The smallest absolute Gasteiger partial charge is 0.253 e. The van der Waals surface area contributed by atoms with Crippen LogP contribution in [-0.4, -0.2) is 6.54 Å². The summed E-state index contributed by atoms with van der Waals surface area (Å²) in [4.78, 5) is 25.1. The monoisotopic (exact) mass is 318 g/mol. The fourth-order valence-corrected chi connectivity index (χ4v) is 2.21. The number of hydrogen-bond donors (Lipinski definition) is 1. The Bertz CT molecular complexity index is 655. The van der Waals surface area contributed by atoms with E-state index in [0.29, 0.717) is 12.2 Å². The van der Waals surface area contributed by atoms with Gasteiger partial charge >= 0.3 is 0 Å². The highest BCUT2D eigenvalue weighted by molar-refractivity contribution is 5.75. The van der Waals surface area contributed by atoms with Crippen LogP contribution >= 0.6 is 0 Å². The molecular formula is C19H30N2O2. The Balaban J connectivity index is 0.00000232. The van der Waals surface area contributed by atoms with E-state index in [2.05, 4.69) is 6.58 Å². The Labute approximate surface area is 139 Å². The van der Waals surface area contributed by atoms with Crippen LogP contribution in [0.3, 0.4) is 0 Å². The topological polar surface area (TPSA) is 63.4 Å². The first-order valence-electron chi connectivity index (χ1n) is 8.25. The van der Waals surface area contributed by atoms with Gasteiger partial charge in [-0.2, -0.15) is 0 Å². The van der Waals surface area contributed by atoms with E-state index in [9.17, 15) is 9.59 Å². The largest absolute Gasteiger partial charge is 0.394 e. The molecule has 1 rings (SSSR count). The lowest BCUT2D eigenvalue weighted by molar-refractivity contribution is 0.844. The third-order valence-electron chi connectivity index (χ3n) is 3.43. The van der Waals surface area contributed by atoms with Gasteiger partial charge in [-0.1, -0.05) is 45.9 Å². The van der Waals surface area contributed by atoms with Crippen molar-refractivity contribution in [3.8, 4) is 0 Å². The number of nitrogens with two attached hydrogens (primary N) is 1. The van der Waals surface area contributed by atoms with Crippen molar-refractivity contribution in [3.05, 3.63) is 56.0 Å². The quantitative estimate of drug-likeness (QED) is 0.611. The summed E-state index contributed by atoms with van der Waals surface area (Å²) in [6, 6.07) is 0. The second-order valence-corrected chi connectivity index (χ2v) is 5.23. The Morgan fingerprint density at radius 3 is 2.09 bits per heavy atom. The maximum atomic E-state index is 11.8. The van der Waals surface area contributed by atoms with Gasteiger partial charge in [-0.05, 0) is 38.3 Å². The first-order valence-corrected chi connectivity index (χ1v) is 8.25. The molecule has 0 saturated carbocycles. The molecule has 0 spiro atoms. The van der Waals surface area contributed by atoms with Gasteiger partial charge in [0.05, 0.1) is 0 Å². The minimum Gasteiger partial charge on any atom is -0.394 e. The summed E-state index contributed by atoms with van der Waals surface area (Å²) in [6.45, 7) is 16.5. The van der Waals surface area contributed by atoms with Crippen molar-refractivity contribution >= 4 is 11.4 Å². The van der Waals surface area contributed by atoms with Crippen molar-refractivity contribution < 1.29 is 0 Å². The van der Waals surface area contributed by atoms with Crippen LogP contribution in [0.2, 0.25) is 0 Å². The van der Waals surface area contributed by atoms with E-state index < -0.39 is 10.9 Å². The van der Waals surface area contributed by atoms with Crippen molar-refractivity contribution in [2.45, 2.75) is 54.4 Å². The summed E-state index contributed by atoms with van der Waals surface area (Å²) >= 11 is 0. The molecular weight excluding hydrogens is 288 g/mol. The zero-order valence-electron chi connectivity index (χ0n) is 15.3. The maximum absolute atomic E-state index is 11.8. The zero-order valence-corrected chi connectivity index (χ0v) is 15.3. The third-order valence-corrected chi connectivity index (χ3v) is 3.43. The van der Waals surface area contributed by atoms with Crippen molar-refractivity contribution in [2.75, 3.05) is 17.2 Å². The minimum absolute atomic E-state index is 0.0669. The lowest BCUT2D eigenvalue weighted by Gasteiger charge is -2.28. The standard InChI is InChI=1S/C17H24N2O2.C2H6/c1-6-9-19(15-14(18)16(20)17(15)21)13(11(4)5)10-12(7-2)8-3;1-2/h7,10H,2,6,8-9,18H2,1,3-5H3;1-2H3/b12-10+;. The molecule has 1 aromatic carbocycles. The molecule has 0 amide bonds. The van der Waals surface area contributed by atoms with Gasteiger partial charge in [0.1, 0.15) is 11.4 Å². The second kappa shape index (κ2) is 9.82. The molecule has 0 aromatic heterocycles. The van der Waals surface area contributed by atoms with Gasteiger partial charge in [0.25, 0.3) is 10.9 Å². The Hall–Kier alpha value is -2.10. The van der Waals surface area contributed by atoms with Gasteiger partial charge < -0.3 is 10.6 Å². The van der Waals surface area contributed by atoms with Crippen molar-refractivity contribution in [1.29, 1.82) is 0 Å². The lowest BCUT2D eigenvalue weighted by atomic mass is 10.1. The molecule has 0 heterocycles. The first-order chi connectivity index (χ1) is 10.9. The summed E-state index contributed by atoms with van der Waals surface area (Å²) in [5.74, 6) is 0. The SMILES string of the molecule is C=C/C(=C\C(=C(C)C)N(CCC)c1c(N)c(=O)c1=O)CC.CC. The molecule has 23 heavy (non-hydrogen) atoms. The first kappa shape index (κ1) is 20.9. The van der Waals surface area contributed by atoms with Gasteiger partial charge in [-0.15, -0.1) is 0 Å². The average molecular weight is 318 g/mol. The molecule has 128 valence electrons. The van der Waals surface area contributed by atoms with Crippen LogP contribution in [0.15, 0.2) is 45.2 Å². The summed E-state index contributed by atoms with van der Waals surface area (Å²) in [7, 11) is 0. The molecule has 1 aromatic rings. The number of nitrogen functional groups attached to an aromatic ring is 1. The highest BCUT2D eigenvalue weighted by Gasteiger charge is 2.25. The molecule has 0 fully saturated rings. The predicted octanol–water partition coefficient (Wildman–Crippen LogP) is 3.92. The lowest BCUT2D eigenvalue weighted by Crippen LogP contribution is -2.42. The van der Waals surface area contributed by atoms with Crippen LogP contribution in [0, 0.1) is 0 Å². The normalized spacial score (nSPS) is 10.8. The minimum atomic E-state index is -0.581. The molecule has 0 aliphatic carbocycles. The maximum Gasteiger partial charge on any atom is 0.253 e. The molecule has 0 unspecified atom stereocenters. The fourth-order valence-electron chi connectivity index (χ4n) is 2.21. The van der Waals surface area contributed by atoms with Gasteiger partial charge in [-0.3, -0.25) is 9.59 Å². The summed E-state index contributed by atoms with van der Waals surface area (Å²) < 4.78 is 0. The van der Waals surface area contributed by atoms with E-state index in [4.69, 9.17) is 5.73 Å². The molecule has 4 nitrogen and oxygen atoms in total. The van der Waals surface area contributed by atoms with Gasteiger partial charge in [0.15, 0.2) is 0 Å². The summed E-state index contributed by atoms with van der Waals surface area (Å²) in [6.07, 6.45) is 5.51. The average Bonchev–Trinajstić information content (AvgIpc) is 2.56. The van der Waals surface area contributed by atoms with E-state index >= 15 is 0 Å². The van der Waals surface area contributed by atoms with Crippen LogP contribution in [-0.2, 0) is 0 Å². The number of rotatable bonds is 7. The number of anilines is 2. The van der Waals surface area contributed by atoms with Crippen LogP contribution < -0.4 is 21.5 Å². The Kier molecular flexibility index (Phi) is 8.93. The van der Waals surface area contributed by atoms with E-state index in [-0.39, 0.29) is 5.69 Å². The Morgan fingerprint density at radius 2 is 1.74 bits per heavy atom. The van der Waals surface area contributed by atoms with Gasteiger partial charge in [0, 0.05) is 12.2 Å². The van der Waals surface area contributed by atoms with Crippen molar-refractivity contribution in [3.63, 3.8) is 0 Å². The van der Waals surface area contributed by atoms with Crippen LogP contribution in [0.25, 0.3) is 0 Å². The molecule has 0 aliphatic heterocycles. The van der Waals surface area contributed by atoms with E-state index in [0.717, 1.165) is 29.7 Å². The Morgan fingerprint density at radius 1 is 1.17 bits per heavy atom. The zero-order chi connectivity index (χ0) is 18.2. The fraction of sp³-hybridized carbons (Fsp3) is 0.474. The molecule has 0 bridgehead atoms. The second-order valence-electron chi connectivity index (χ2n) is 5.23. The van der Waals surface area contributed by atoms with E-state index in [1.807, 2.05) is 52.5 Å². The molecule has 0 atom stereocenters. The highest BCUT2D eigenvalue weighted by atomic mass is 16.2. The molecule has 0 aliphatic rings. The van der Waals surface area contributed by atoms with Crippen LogP contribution in [0.1, 0.15) is 54.4 Å². The van der Waals surface area contributed by atoms with Crippen molar-refractivity contribution in [1.82, 2.24) is 0 Å². The van der Waals surface area contributed by atoms with Gasteiger partial charge in [-0.25, -0.2) is 0 Å². The third kappa shape index (κ3) is 4.68. The van der Waals surface area contributed by atoms with Crippen LogP contribution in [0.4, 0.5) is 11.4 Å². The van der Waals surface area contributed by atoms with E-state index in [1.54, 1.807) is 6.08 Å². The number of hydrogen-bond acceptors (Lipinski definition) is 4. The number of allylic oxidation sites excluding steroid dienone is 4. The summed E-state index contributed by atoms with van der Waals surface area (Å²) in [5, 5.41) is 0. The van der Waals surface area contributed by atoms with E-state index in [1.165, 1.54) is 0 Å². The molecule has 4 heteroatoms. The molecule has 0 radical (unpaired) electrons. The van der Waals surface area contributed by atoms with Crippen LogP contribution in [0.5, 0.6) is 0 Å². The van der Waals surface area contributed by atoms with Gasteiger partial charge in [0.2, 0.25) is 0 Å². The number of nitrogens with zero attached hydrogens (tertiary/aromatic N) is 1. The highest BCUT2D eigenvalue weighted by Crippen LogP contribution is 2.25. The molecule has 0 saturated heterocycles. The molecule has 2 N–H and O–H groups in total. The van der Waals surface area contributed by atoms with Crippen molar-refractivity contribution in [2.24, 2.45) is 0 Å².